The van der Waals surface area contributed by atoms with E-state index in [4.69, 9.17) is 4.74 Å². The zero-order valence-electron chi connectivity index (χ0n) is 12.9. The molecule has 1 N–H and O–H groups in total. The van der Waals surface area contributed by atoms with Crippen LogP contribution in [0.3, 0.4) is 0 Å². The third-order valence-corrected chi connectivity index (χ3v) is 5.12. The first kappa shape index (κ1) is 14.6. The van der Waals surface area contributed by atoms with Gasteiger partial charge in [0.25, 0.3) is 0 Å². The lowest BCUT2D eigenvalue weighted by atomic mass is 9.93. The van der Waals surface area contributed by atoms with Crippen LogP contribution in [0, 0.1) is 0 Å². The predicted molar refractivity (Wildman–Crippen MR) is 89.0 cm³/mol. The average Bonchev–Trinajstić information content (AvgIpc) is 3.05. The second-order valence-electron chi connectivity index (χ2n) is 6.20. The Bertz CT molecular complexity index is 591. The molecule has 0 spiro atoms. The Balaban J connectivity index is 1.88. The third-order valence-electron chi connectivity index (χ3n) is 4.13. The van der Waals surface area contributed by atoms with Crippen LogP contribution >= 0.6 is 11.3 Å². The number of nitrogens with one attached hydrogen (secondary N) is 1. The fourth-order valence-electron chi connectivity index (χ4n) is 3.11. The molecule has 1 aliphatic heterocycles. The molecule has 0 aliphatic carbocycles. The lowest BCUT2D eigenvalue weighted by molar-refractivity contribution is 0.0903. The van der Waals surface area contributed by atoms with Crippen LogP contribution in [0.15, 0.2) is 41.8 Å². The number of hydrogen-bond donors (Lipinski definition) is 1. The highest BCUT2D eigenvalue weighted by Crippen LogP contribution is 2.44. The van der Waals surface area contributed by atoms with Crippen LogP contribution in [0.4, 0.5) is 0 Å². The molecule has 0 amide bonds. The molecule has 0 bridgehead atoms. The van der Waals surface area contributed by atoms with E-state index in [2.05, 4.69) is 61.8 Å². The number of rotatable bonds is 5. The minimum absolute atomic E-state index is 0.215. The van der Waals surface area contributed by atoms with Crippen molar-refractivity contribution in [3.05, 3.63) is 52.2 Å². The Morgan fingerprint density at radius 2 is 2.05 bits per heavy atom. The Morgan fingerprint density at radius 3 is 2.76 bits per heavy atom. The minimum Gasteiger partial charge on any atom is -0.486 e. The Hall–Kier alpha value is -1.32. The first-order valence-electron chi connectivity index (χ1n) is 7.69. The lowest BCUT2D eigenvalue weighted by Crippen LogP contribution is -2.40. The van der Waals surface area contributed by atoms with Crippen molar-refractivity contribution in [2.24, 2.45) is 0 Å². The number of ether oxygens (including phenoxy) is 1. The fourth-order valence-corrected chi connectivity index (χ4v) is 3.93. The maximum absolute atomic E-state index is 6.14. The van der Waals surface area contributed by atoms with E-state index in [0.717, 1.165) is 12.2 Å². The van der Waals surface area contributed by atoms with Crippen molar-refractivity contribution in [1.29, 1.82) is 0 Å². The molecule has 112 valence electrons. The number of hydrogen-bond acceptors (Lipinski definition) is 3. The SMILES string of the molecule is CCCC(NC1c2ccccc2OC1(C)C)c1cccs1. The topological polar surface area (TPSA) is 21.3 Å². The molecule has 2 unspecified atom stereocenters. The van der Waals surface area contributed by atoms with Gasteiger partial charge >= 0.3 is 0 Å². The second-order valence-corrected chi connectivity index (χ2v) is 7.18. The molecule has 21 heavy (non-hydrogen) atoms. The van der Waals surface area contributed by atoms with Gasteiger partial charge in [0.1, 0.15) is 11.4 Å². The molecule has 3 rings (SSSR count). The van der Waals surface area contributed by atoms with Crippen LogP contribution < -0.4 is 10.1 Å². The zero-order chi connectivity index (χ0) is 14.9. The summed E-state index contributed by atoms with van der Waals surface area (Å²) in [5.74, 6) is 1.02. The van der Waals surface area contributed by atoms with Crippen molar-refractivity contribution < 1.29 is 4.74 Å². The molecule has 0 saturated carbocycles. The molecule has 1 aromatic carbocycles. The van der Waals surface area contributed by atoms with E-state index in [1.165, 1.54) is 16.9 Å². The molecule has 2 atom stereocenters. The normalized spacial score (nSPS) is 20.8. The summed E-state index contributed by atoms with van der Waals surface area (Å²) in [4.78, 5) is 1.41. The monoisotopic (exact) mass is 301 g/mol. The summed E-state index contributed by atoms with van der Waals surface area (Å²) in [6.07, 6.45) is 2.32. The van der Waals surface area contributed by atoms with Gasteiger partial charge in [0, 0.05) is 16.5 Å². The number of benzene rings is 1. The van der Waals surface area contributed by atoms with E-state index < -0.39 is 0 Å². The molecular formula is C18H23NOS. The van der Waals surface area contributed by atoms with Gasteiger partial charge in [0.2, 0.25) is 0 Å². The van der Waals surface area contributed by atoms with Crippen LogP contribution in [0.25, 0.3) is 0 Å². The first-order chi connectivity index (χ1) is 10.1. The van der Waals surface area contributed by atoms with Gasteiger partial charge in [-0.1, -0.05) is 37.6 Å². The molecule has 0 radical (unpaired) electrons. The summed E-state index contributed by atoms with van der Waals surface area (Å²) in [6, 6.07) is 13.4. The van der Waals surface area contributed by atoms with Gasteiger partial charge in [-0.15, -0.1) is 11.3 Å². The summed E-state index contributed by atoms with van der Waals surface area (Å²) in [5, 5.41) is 6.01. The number of fused-ring (bicyclic) bond motifs is 1. The van der Waals surface area contributed by atoms with E-state index in [-0.39, 0.29) is 11.6 Å². The van der Waals surface area contributed by atoms with Gasteiger partial charge < -0.3 is 4.74 Å². The van der Waals surface area contributed by atoms with Crippen LogP contribution in [0.2, 0.25) is 0 Å². The average molecular weight is 301 g/mol. The van der Waals surface area contributed by atoms with Gasteiger partial charge in [0.15, 0.2) is 0 Å². The Kier molecular flexibility index (Phi) is 4.05. The van der Waals surface area contributed by atoms with Gasteiger partial charge in [0.05, 0.1) is 6.04 Å². The van der Waals surface area contributed by atoms with Gasteiger partial charge in [-0.3, -0.25) is 5.32 Å². The van der Waals surface area contributed by atoms with Crippen LogP contribution in [0.1, 0.15) is 56.1 Å². The van der Waals surface area contributed by atoms with Crippen LogP contribution in [0.5, 0.6) is 5.75 Å². The van der Waals surface area contributed by atoms with Crippen molar-refractivity contribution in [3.63, 3.8) is 0 Å². The van der Waals surface area contributed by atoms with Crippen LogP contribution in [-0.2, 0) is 0 Å². The summed E-state index contributed by atoms with van der Waals surface area (Å²) in [5.41, 5.74) is 1.06. The molecule has 0 fully saturated rings. The van der Waals surface area contributed by atoms with E-state index in [0.29, 0.717) is 6.04 Å². The van der Waals surface area contributed by atoms with Gasteiger partial charge in [-0.25, -0.2) is 0 Å². The molecule has 3 heteroatoms. The van der Waals surface area contributed by atoms with E-state index in [1.807, 2.05) is 17.4 Å². The number of thiophene rings is 1. The highest BCUT2D eigenvalue weighted by atomic mass is 32.1. The van der Waals surface area contributed by atoms with Gasteiger partial charge in [-0.05, 0) is 37.8 Å². The molecule has 2 nitrogen and oxygen atoms in total. The van der Waals surface area contributed by atoms with E-state index in [9.17, 15) is 0 Å². The largest absolute Gasteiger partial charge is 0.486 e. The van der Waals surface area contributed by atoms with Gasteiger partial charge in [-0.2, -0.15) is 0 Å². The van der Waals surface area contributed by atoms with E-state index in [1.54, 1.807) is 0 Å². The maximum Gasteiger partial charge on any atom is 0.125 e. The number of para-hydroxylation sites is 1. The smallest absolute Gasteiger partial charge is 0.125 e. The highest BCUT2D eigenvalue weighted by Gasteiger charge is 2.41. The van der Waals surface area contributed by atoms with E-state index >= 15 is 0 Å². The second kappa shape index (κ2) is 5.82. The fraction of sp³-hybridized carbons (Fsp3) is 0.444. The van der Waals surface area contributed by atoms with Crippen molar-refractivity contribution >= 4 is 11.3 Å². The highest BCUT2D eigenvalue weighted by molar-refractivity contribution is 7.10. The standard InChI is InChI=1S/C18H23NOS/c1-4-8-14(16-11-7-12-21-16)19-17-13-9-5-6-10-15(13)20-18(17,2)3/h5-7,9-12,14,17,19H,4,8H2,1-3H3. The van der Waals surface area contributed by atoms with Crippen molar-refractivity contribution in [2.75, 3.05) is 0 Å². The molecule has 1 aliphatic rings. The zero-order valence-corrected chi connectivity index (χ0v) is 13.7. The lowest BCUT2D eigenvalue weighted by Gasteiger charge is -2.31. The summed E-state index contributed by atoms with van der Waals surface area (Å²) >= 11 is 1.83. The molecule has 1 aromatic heterocycles. The molecule has 0 saturated heterocycles. The molecule has 2 heterocycles. The molecular weight excluding hydrogens is 278 g/mol. The van der Waals surface area contributed by atoms with Crippen molar-refractivity contribution in [1.82, 2.24) is 5.32 Å². The quantitative estimate of drug-likeness (QED) is 0.830. The summed E-state index contributed by atoms with van der Waals surface area (Å²) in [6.45, 7) is 6.58. The van der Waals surface area contributed by atoms with Crippen LogP contribution in [-0.4, -0.2) is 5.60 Å². The maximum atomic E-state index is 6.14. The first-order valence-corrected chi connectivity index (χ1v) is 8.57. The Labute approximate surface area is 131 Å². The third kappa shape index (κ3) is 2.85. The Morgan fingerprint density at radius 1 is 1.24 bits per heavy atom. The summed E-state index contributed by atoms with van der Waals surface area (Å²) < 4.78 is 6.14. The van der Waals surface area contributed by atoms with Crippen molar-refractivity contribution in [3.8, 4) is 5.75 Å². The molecule has 2 aromatic rings. The summed E-state index contributed by atoms with van der Waals surface area (Å²) in [7, 11) is 0. The van der Waals surface area contributed by atoms with Crippen molar-refractivity contribution in [2.45, 2.75) is 51.3 Å². The minimum atomic E-state index is -0.215. The predicted octanol–water partition coefficient (Wildman–Crippen LogP) is 5.09.